The van der Waals surface area contributed by atoms with Gasteiger partial charge in [0.05, 0.1) is 7.11 Å². The maximum atomic E-state index is 12.6. The number of amides is 3. The molecule has 6 nitrogen and oxygen atoms in total. The molecule has 2 N–H and O–H groups in total. The van der Waals surface area contributed by atoms with Gasteiger partial charge in [-0.05, 0) is 48.4 Å². The molecule has 6 heteroatoms. The van der Waals surface area contributed by atoms with Crippen LogP contribution in [0, 0.1) is 0 Å². The fourth-order valence-electron chi connectivity index (χ4n) is 2.86. The van der Waals surface area contributed by atoms with Crippen molar-refractivity contribution in [1.29, 1.82) is 0 Å². The highest BCUT2D eigenvalue weighted by molar-refractivity contribution is 6.05. The summed E-state index contributed by atoms with van der Waals surface area (Å²) in [6.45, 7) is 0.547. The van der Waals surface area contributed by atoms with Gasteiger partial charge in [0.1, 0.15) is 5.75 Å². The predicted molar refractivity (Wildman–Crippen MR) is 92.9 cm³/mol. The molecule has 0 aliphatic carbocycles. The van der Waals surface area contributed by atoms with Crippen LogP contribution < -0.4 is 20.3 Å². The number of rotatable bonds is 3. The van der Waals surface area contributed by atoms with Gasteiger partial charge in [-0.25, -0.2) is 4.79 Å². The number of nitrogens with zero attached hydrogens (tertiary/aromatic N) is 1. The number of ether oxygens (including phenoxy) is 1. The summed E-state index contributed by atoms with van der Waals surface area (Å²) in [5.41, 5.74) is 3.00. The lowest BCUT2D eigenvalue weighted by molar-refractivity contribution is 0.0962. The van der Waals surface area contributed by atoms with E-state index in [1.807, 2.05) is 6.07 Å². The molecule has 0 saturated carbocycles. The van der Waals surface area contributed by atoms with Gasteiger partial charge in [-0.3, -0.25) is 9.69 Å². The Morgan fingerprint density at radius 1 is 1.12 bits per heavy atom. The molecule has 124 valence electrons. The number of carbonyl (C=O) groups excluding carboxylic acids is 2. The molecule has 0 aromatic heterocycles. The van der Waals surface area contributed by atoms with Crippen LogP contribution in [0.4, 0.5) is 16.2 Å². The highest BCUT2D eigenvalue weighted by Gasteiger charge is 2.28. The fraction of sp³-hybridized carbons (Fsp3) is 0.222. The van der Waals surface area contributed by atoms with Crippen molar-refractivity contribution in [2.75, 3.05) is 30.9 Å². The number of hydrogen-bond donors (Lipinski definition) is 2. The minimum absolute atomic E-state index is 0.135. The largest absolute Gasteiger partial charge is 0.497 e. The molecule has 0 atom stereocenters. The molecule has 0 saturated heterocycles. The number of nitrogens with one attached hydrogen (secondary N) is 2. The summed E-state index contributed by atoms with van der Waals surface area (Å²) in [6, 6.07) is 12.4. The Balaban J connectivity index is 1.80. The number of hydrogen-bond acceptors (Lipinski definition) is 3. The SMILES string of the molecule is CNC(=O)c1cccc2c1CCN2C(=O)Nc1ccc(OC)cc1. The van der Waals surface area contributed by atoms with E-state index >= 15 is 0 Å². The van der Waals surface area contributed by atoms with Gasteiger partial charge < -0.3 is 15.4 Å². The van der Waals surface area contributed by atoms with Crippen LogP contribution in [0.25, 0.3) is 0 Å². The van der Waals surface area contributed by atoms with Crippen molar-refractivity contribution < 1.29 is 14.3 Å². The van der Waals surface area contributed by atoms with Gasteiger partial charge in [-0.15, -0.1) is 0 Å². The minimum Gasteiger partial charge on any atom is -0.497 e. The van der Waals surface area contributed by atoms with Crippen molar-refractivity contribution in [3.05, 3.63) is 53.6 Å². The average Bonchev–Trinajstić information content (AvgIpc) is 3.06. The Bertz CT molecular complexity index is 772. The zero-order chi connectivity index (χ0) is 17.1. The lowest BCUT2D eigenvalue weighted by Crippen LogP contribution is -2.33. The summed E-state index contributed by atoms with van der Waals surface area (Å²) in [6.07, 6.45) is 0.662. The van der Waals surface area contributed by atoms with E-state index in [1.165, 1.54) is 0 Å². The van der Waals surface area contributed by atoms with Crippen LogP contribution in [-0.4, -0.2) is 32.6 Å². The fourth-order valence-corrected chi connectivity index (χ4v) is 2.86. The smallest absolute Gasteiger partial charge is 0.326 e. The van der Waals surface area contributed by atoms with Gasteiger partial charge in [-0.1, -0.05) is 6.07 Å². The van der Waals surface area contributed by atoms with Gasteiger partial charge in [0.2, 0.25) is 0 Å². The number of methoxy groups -OCH3 is 1. The first-order valence-electron chi connectivity index (χ1n) is 7.70. The second-order valence-electron chi connectivity index (χ2n) is 5.44. The summed E-state index contributed by atoms with van der Waals surface area (Å²) in [5.74, 6) is 0.596. The van der Waals surface area contributed by atoms with E-state index in [0.717, 1.165) is 17.0 Å². The average molecular weight is 325 g/mol. The molecule has 3 amide bonds. The molecule has 0 fully saturated rings. The van der Waals surface area contributed by atoms with Crippen molar-refractivity contribution >= 4 is 23.3 Å². The number of carbonyl (C=O) groups is 2. The molecule has 1 aliphatic rings. The van der Waals surface area contributed by atoms with E-state index in [9.17, 15) is 9.59 Å². The molecule has 0 unspecified atom stereocenters. The Kier molecular flexibility index (Phi) is 4.37. The maximum Gasteiger partial charge on any atom is 0.326 e. The molecule has 0 spiro atoms. The van der Waals surface area contributed by atoms with E-state index in [0.29, 0.717) is 24.2 Å². The molecule has 1 heterocycles. The van der Waals surface area contributed by atoms with Crippen molar-refractivity contribution in [3.63, 3.8) is 0 Å². The van der Waals surface area contributed by atoms with E-state index in [1.54, 1.807) is 55.5 Å². The molecular formula is C18H19N3O3. The quantitative estimate of drug-likeness (QED) is 0.911. The van der Waals surface area contributed by atoms with Crippen LogP contribution in [0.5, 0.6) is 5.75 Å². The first kappa shape index (κ1) is 15.9. The standard InChI is InChI=1S/C18H19N3O3/c1-19-17(22)15-4-3-5-16-14(15)10-11-21(16)18(23)20-12-6-8-13(24-2)9-7-12/h3-9H,10-11H2,1-2H3,(H,19,22)(H,20,23). The normalized spacial score (nSPS) is 12.5. The minimum atomic E-state index is -0.215. The Morgan fingerprint density at radius 3 is 2.54 bits per heavy atom. The lowest BCUT2D eigenvalue weighted by Gasteiger charge is -2.18. The third-order valence-corrected chi connectivity index (χ3v) is 4.09. The summed E-state index contributed by atoms with van der Waals surface area (Å²) in [5, 5.41) is 5.51. The molecular weight excluding hydrogens is 306 g/mol. The number of fused-ring (bicyclic) bond motifs is 1. The molecule has 0 radical (unpaired) electrons. The summed E-state index contributed by atoms with van der Waals surface area (Å²) < 4.78 is 5.11. The Morgan fingerprint density at radius 2 is 1.88 bits per heavy atom. The van der Waals surface area contributed by atoms with Gasteiger partial charge in [-0.2, -0.15) is 0 Å². The zero-order valence-corrected chi connectivity index (χ0v) is 13.6. The van der Waals surface area contributed by atoms with Crippen LogP contribution in [0.2, 0.25) is 0 Å². The predicted octanol–water partition coefficient (Wildman–Crippen LogP) is 2.65. The zero-order valence-electron chi connectivity index (χ0n) is 13.6. The van der Waals surface area contributed by atoms with Crippen LogP contribution in [0.1, 0.15) is 15.9 Å². The molecule has 2 aromatic carbocycles. The van der Waals surface area contributed by atoms with Crippen molar-refractivity contribution in [2.24, 2.45) is 0 Å². The number of urea groups is 1. The van der Waals surface area contributed by atoms with Crippen LogP contribution >= 0.6 is 0 Å². The van der Waals surface area contributed by atoms with E-state index in [-0.39, 0.29) is 11.9 Å². The second-order valence-corrected chi connectivity index (χ2v) is 5.44. The van der Waals surface area contributed by atoms with Gasteiger partial charge in [0, 0.05) is 30.5 Å². The molecule has 24 heavy (non-hydrogen) atoms. The van der Waals surface area contributed by atoms with Gasteiger partial charge in [0.25, 0.3) is 5.91 Å². The molecule has 1 aliphatic heterocycles. The van der Waals surface area contributed by atoms with Crippen molar-refractivity contribution in [2.45, 2.75) is 6.42 Å². The highest BCUT2D eigenvalue weighted by Crippen LogP contribution is 2.31. The molecule has 0 bridgehead atoms. The maximum absolute atomic E-state index is 12.6. The van der Waals surface area contributed by atoms with E-state index < -0.39 is 0 Å². The lowest BCUT2D eigenvalue weighted by atomic mass is 10.0. The first-order chi connectivity index (χ1) is 11.6. The van der Waals surface area contributed by atoms with Crippen LogP contribution in [0.3, 0.4) is 0 Å². The van der Waals surface area contributed by atoms with Crippen molar-refractivity contribution in [3.8, 4) is 5.75 Å². The molecule has 2 aromatic rings. The summed E-state index contributed by atoms with van der Waals surface area (Å²) in [7, 11) is 3.20. The van der Waals surface area contributed by atoms with E-state index in [2.05, 4.69) is 10.6 Å². The van der Waals surface area contributed by atoms with Crippen molar-refractivity contribution in [1.82, 2.24) is 5.32 Å². The summed E-state index contributed by atoms with van der Waals surface area (Å²) >= 11 is 0. The van der Waals surface area contributed by atoms with Gasteiger partial charge in [0.15, 0.2) is 0 Å². The highest BCUT2D eigenvalue weighted by atomic mass is 16.5. The topological polar surface area (TPSA) is 70.7 Å². The van der Waals surface area contributed by atoms with E-state index in [4.69, 9.17) is 4.74 Å². The monoisotopic (exact) mass is 325 g/mol. The number of benzene rings is 2. The van der Waals surface area contributed by atoms with Crippen LogP contribution in [-0.2, 0) is 6.42 Å². The Hall–Kier alpha value is -3.02. The molecule has 3 rings (SSSR count). The second kappa shape index (κ2) is 6.62. The first-order valence-corrected chi connectivity index (χ1v) is 7.70. The third kappa shape index (κ3) is 2.90. The summed E-state index contributed by atoms with van der Waals surface area (Å²) in [4.78, 5) is 26.2. The number of anilines is 2. The van der Waals surface area contributed by atoms with Crippen LogP contribution in [0.15, 0.2) is 42.5 Å². The Labute approximate surface area is 140 Å². The van der Waals surface area contributed by atoms with Gasteiger partial charge >= 0.3 is 6.03 Å². The third-order valence-electron chi connectivity index (χ3n) is 4.09.